The number of para-hydroxylation sites is 1. The Labute approximate surface area is 191 Å². The summed E-state index contributed by atoms with van der Waals surface area (Å²) in [7, 11) is -1.20. The number of halogens is 1. The Hall–Kier alpha value is -1.71. The molecule has 1 saturated carbocycles. The smallest absolute Gasteiger partial charge is 0.255 e. The van der Waals surface area contributed by atoms with Crippen LogP contribution in [0.2, 0.25) is 0 Å². The predicted molar refractivity (Wildman–Crippen MR) is 131 cm³/mol. The first-order valence-electron chi connectivity index (χ1n) is 10.0. The van der Waals surface area contributed by atoms with Gasteiger partial charge in [-0.1, -0.05) is 34.9 Å². The molecule has 1 heterocycles. The highest BCUT2D eigenvalue weighted by Crippen LogP contribution is 2.51. The Morgan fingerprint density at radius 3 is 2.53 bits per heavy atom. The van der Waals surface area contributed by atoms with Crippen molar-refractivity contribution in [1.29, 1.82) is 0 Å². The highest BCUT2D eigenvalue weighted by atomic mass is 127. The molecule has 2 aromatic carbocycles. The van der Waals surface area contributed by atoms with E-state index in [2.05, 4.69) is 64.1 Å². The van der Waals surface area contributed by atoms with Gasteiger partial charge >= 0.3 is 0 Å². The van der Waals surface area contributed by atoms with E-state index in [0.717, 1.165) is 23.7 Å². The molecule has 4 rings (SSSR count). The van der Waals surface area contributed by atoms with E-state index in [1.807, 2.05) is 12.1 Å². The second kappa shape index (κ2) is 8.09. The molecule has 158 valence electrons. The molecule has 30 heavy (non-hydrogen) atoms. The normalized spacial score (nSPS) is 17.3. The van der Waals surface area contributed by atoms with Gasteiger partial charge in [0.1, 0.15) is 6.26 Å². The fourth-order valence-electron chi connectivity index (χ4n) is 4.35. The average Bonchev–Trinajstić information content (AvgIpc) is 3.10. The maximum atomic E-state index is 13.1. The van der Waals surface area contributed by atoms with Crippen LogP contribution in [0.25, 0.3) is 10.9 Å². The molecule has 0 aliphatic heterocycles. The first-order chi connectivity index (χ1) is 14.2. The van der Waals surface area contributed by atoms with Crippen LogP contribution in [0.5, 0.6) is 0 Å². The maximum absolute atomic E-state index is 13.1. The van der Waals surface area contributed by atoms with Crippen LogP contribution in [0.15, 0.2) is 48.7 Å². The molecule has 1 aliphatic rings. The zero-order valence-corrected chi connectivity index (χ0v) is 20.1. The second-order valence-corrected chi connectivity index (χ2v) is 11.8. The zero-order valence-electron chi connectivity index (χ0n) is 17.2. The predicted octanol–water partition coefficient (Wildman–Crippen LogP) is 4.92. The molecular weight excluding hydrogens is 511 g/mol. The number of hydrogen-bond donors (Lipinski definition) is 2. The fourth-order valence-corrected chi connectivity index (χ4v) is 5.33. The van der Waals surface area contributed by atoms with E-state index < -0.39 is 10.2 Å². The molecule has 1 fully saturated rings. The largest absolute Gasteiger partial charge is 0.360 e. The van der Waals surface area contributed by atoms with Crippen LogP contribution < -0.4 is 0 Å². The number of fused-ring (bicyclic) bond motifs is 1. The standard InChI is InChI=1S/C23H25IN2O3S/c1-26(13-14-30(2,28)29)22(27)19-6-3-5-18-20(15-25-21(18)19)23(11-4-12-23)16-7-9-17(24)10-8-16/h3,5-10,15H,4,11-14H2,1-2H3,(H-,25,27,28,29)/p+1. The molecule has 1 atom stereocenters. The number of aromatic nitrogens is 1. The molecule has 0 saturated heterocycles. The van der Waals surface area contributed by atoms with Gasteiger partial charge in [-0.2, -0.15) is 4.55 Å². The van der Waals surface area contributed by atoms with Crippen LogP contribution in [0.1, 0.15) is 40.7 Å². The number of hydrogen-bond acceptors (Lipinski definition) is 2. The van der Waals surface area contributed by atoms with Crippen molar-refractivity contribution in [1.82, 2.24) is 9.88 Å². The van der Waals surface area contributed by atoms with Gasteiger partial charge in [0.05, 0.1) is 17.6 Å². The minimum absolute atomic E-state index is 0.0131. The molecule has 2 N–H and O–H groups in total. The number of H-pyrrole nitrogens is 1. The van der Waals surface area contributed by atoms with Crippen LogP contribution in [-0.2, 0) is 19.8 Å². The summed E-state index contributed by atoms with van der Waals surface area (Å²) in [5.41, 5.74) is 3.99. The number of amides is 1. The third-order valence-electron chi connectivity index (χ3n) is 6.22. The molecule has 1 aromatic heterocycles. The summed E-state index contributed by atoms with van der Waals surface area (Å²) in [4.78, 5) is 17.9. The Morgan fingerprint density at radius 2 is 1.93 bits per heavy atom. The number of nitrogens with zero attached hydrogens (tertiary/aromatic N) is 1. The lowest BCUT2D eigenvalue weighted by atomic mass is 9.60. The third kappa shape index (κ3) is 3.94. The minimum Gasteiger partial charge on any atom is -0.360 e. The average molecular weight is 537 g/mol. The SMILES string of the molecule is CN(CC[S+](C)(=O)O)C(=O)c1cccc2c(C3(c4ccc(I)cc4)CCC3)c[nH]c12. The topological polar surface area (TPSA) is 73.4 Å². The van der Waals surface area contributed by atoms with Gasteiger partial charge < -0.3 is 9.88 Å². The van der Waals surface area contributed by atoms with Gasteiger partial charge in [-0.3, -0.25) is 4.79 Å². The van der Waals surface area contributed by atoms with E-state index in [9.17, 15) is 13.6 Å². The maximum Gasteiger partial charge on any atom is 0.255 e. The Balaban J connectivity index is 1.71. The summed E-state index contributed by atoms with van der Waals surface area (Å²) in [5, 5.41) is 1.08. The van der Waals surface area contributed by atoms with Crippen LogP contribution in [0, 0.1) is 3.57 Å². The number of carbonyl (C=O) groups is 1. The van der Waals surface area contributed by atoms with E-state index in [0.29, 0.717) is 5.56 Å². The Morgan fingerprint density at radius 1 is 1.23 bits per heavy atom. The lowest BCUT2D eigenvalue weighted by Gasteiger charge is -2.42. The van der Waals surface area contributed by atoms with E-state index in [1.54, 1.807) is 7.05 Å². The molecular formula is C23H26IN2O3S+. The third-order valence-corrected chi connectivity index (χ3v) is 7.88. The van der Waals surface area contributed by atoms with Gasteiger partial charge in [-0.15, -0.1) is 0 Å². The van der Waals surface area contributed by atoms with Gasteiger partial charge in [-0.25, -0.2) is 0 Å². The van der Waals surface area contributed by atoms with E-state index in [1.165, 1.54) is 32.3 Å². The number of aromatic amines is 1. The lowest BCUT2D eigenvalue weighted by Crippen LogP contribution is -2.35. The van der Waals surface area contributed by atoms with Gasteiger partial charge in [0.15, 0.2) is 5.75 Å². The summed E-state index contributed by atoms with van der Waals surface area (Å²) >= 11 is 2.33. The van der Waals surface area contributed by atoms with Crippen molar-refractivity contribution in [2.75, 3.05) is 25.6 Å². The number of benzene rings is 2. The number of nitrogens with one attached hydrogen (secondary N) is 1. The molecule has 3 aromatic rings. The van der Waals surface area contributed by atoms with Crippen molar-refractivity contribution < 1.29 is 13.6 Å². The number of rotatable bonds is 6. The Bertz CT molecular complexity index is 1130. The van der Waals surface area contributed by atoms with Gasteiger partial charge in [0, 0.05) is 27.6 Å². The molecule has 0 spiro atoms. The molecule has 1 amide bonds. The first kappa shape index (κ1) is 21.5. The minimum atomic E-state index is -2.87. The van der Waals surface area contributed by atoms with Crippen molar-refractivity contribution in [2.45, 2.75) is 24.7 Å². The highest BCUT2D eigenvalue weighted by molar-refractivity contribution is 14.1. The molecule has 1 unspecified atom stereocenters. The summed E-state index contributed by atoms with van der Waals surface area (Å²) in [6.07, 6.45) is 6.74. The summed E-state index contributed by atoms with van der Waals surface area (Å²) in [5.74, 6) is -0.0773. The van der Waals surface area contributed by atoms with E-state index in [-0.39, 0.29) is 23.6 Å². The summed E-state index contributed by atoms with van der Waals surface area (Å²) in [6.45, 7) is 0.237. The fraction of sp³-hybridized carbons (Fsp3) is 0.348. The van der Waals surface area contributed by atoms with Crippen LogP contribution >= 0.6 is 22.6 Å². The van der Waals surface area contributed by atoms with E-state index in [4.69, 9.17) is 0 Å². The van der Waals surface area contributed by atoms with Crippen molar-refractivity contribution in [3.63, 3.8) is 0 Å². The molecule has 0 radical (unpaired) electrons. The van der Waals surface area contributed by atoms with Crippen LogP contribution in [-0.4, -0.2) is 45.9 Å². The lowest BCUT2D eigenvalue weighted by molar-refractivity contribution is 0.0805. The monoisotopic (exact) mass is 537 g/mol. The number of carbonyl (C=O) groups excluding carboxylic acids is 1. The molecule has 7 heteroatoms. The summed E-state index contributed by atoms with van der Waals surface area (Å²) in [6, 6.07) is 14.6. The van der Waals surface area contributed by atoms with Crippen molar-refractivity contribution in [3.8, 4) is 0 Å². The van der Waals surface area contributed by atoms with Crippen molar-refractivity contribution in [2.24, 2.45) is 0 Å². The zero-order chi connectivity index (χ0) is 21.5. The van der Waals surface area contributed by atoms with Crippen LogP contribution in [0.3, 0.4) is 0 Å². The summed E-state index contributed by atoms with van der Waals surface area (Å²) < 4.78 is 22.3. The van der Waals surface area contributed by atoms with Crippen LogP contribution in [0.4, 0.5) is 0 Å². The molecule has 0 bridgehead atoms. The Kier molecular flexibility index (Phi) is 5.80. The van der Waals surface area contributed by atoms with Crippen molar-refractivity contribution >= 4 is 49.6 Å². The highest BCUT2D eigenvalue weighted by Gasteiger charge is 2.42. The van der Waals surface area contributed by atoms with Gasteiger partial charge in [0.2, 0.25) is 10.2 Å². The molecule has 5 nitrogen and oxygen atoms in total. The first-order valence-corrected chi connectivity index (χ1v) is 13.2. The van der Waals surface area contributed by atoms with Crippen molar-refractivity contribution in [3.05, 3.63) is 68.9 Å². The second-order valence-electron chi connectivity index (χ2n) is 8.26. The molecule has 1 aliphatic carbocycles. The quantitative estimate of drug-likeness (QED) is 0.347. The van der Waals surface area contributed by atoms with E-state index >= 15 is 0 Å². The van der Waals surface area contributed by atoms with Gasteiger partial charge in [-0.05, 0) is 64.8 Å². The van der Waals surface area contributed by atoms with Gasteiger partial charge in [0.25, 0.3) is 5.91 Å².